The number of para-hydroxylation sites is 2. The highest BCUT2D eigenvalue weighted by Gasteiger charge is 2.34. The molecule has 1 unspecified atom stereocenters. The number of hydrogen-bond acceptors (Lipinski definition) is 5. The number of rotatable bonds is 5. The van der Waals surface area contributed by atoms with Gasteiger partial charge in [0.05, 0.1) is 18.4 Å². The highest BCUT2D eigenvalue weighted by atomic mass is 35.5. The van der Waals surface area contributed by atoms with Crippen molar-refractivity contribution in [2.24, 2.45) is 0 Å². The predicted octanol–water partition coefficient (Wildman–Crippen LogP) is 5.84. The van der Waals surface area contributed by atoms with Gasteiger partial charge in [0.1, 0.15) is 11.8 Å². The van der Waals surface area contributed by atoms with Crippen molar-refractivity contribution in [3.63, 3.8) is 0 Å². The molecule has 7 nitrogen and oxygen atoms in total. The van der Waals surface area contributed by atoms with Gasteiger partial charge in [-0.1, -0.05) is 60.1 Å². The van der Waals surface area contributed by atoms with Crippen LogP contribution in [0.5, 0.6) is 5.75 Å². The van der Waals surface area contributed by atoms with E-state index in [-0.39, 0.29) is 5.91 Å². The number of methoxy groups -OCH3 is 1. The molecular formula is C27H24ClN5O2. The van der Waals surface area contributed by atoms with Crippen LogP contribution in [0.15, 0.2) is 84.1 Å². The van der Waals surface area contributed by atoms with Gasteiger partial charge in [-0.2, -0.15) is 4.98 Å². The number of hydrogen-bond donors (Lipinski definition) is 2. The van der Waals surface area contributed by atoms with Crippen LogP contribution in [0, 0.1) is 6.92 Å². The van der Waals surface area contributed by atoms with Crippen LogP contribution in [0.25, 0.3) is 11.4 Å². The summed E-state index contributed by atoms with van der Waals surface area (Å²) in [6.45, 7) is 3.89. The Morgan fingerprint density at radius 1 is 1.03 bits per heavy atom. The molecule has 1 atom stereocenters. The van der Waals surface area contributed by atoms with Gasteiger partial charge in [-0.15, -0.1) is 5.10 Å². The molecule has 0 saturated carbocycles. The number of benzene rings is 3. The van der Waals surface area contributed by atoms with Gasteiger partial charge in [0.2, 0.25) is 5.95 Å². The Morgan fingerprint density at radius 3 is 2.49 bits per heavy atom. The first-order valence-electron chi connectivity index (χ1n) is 11.2. The van der Waals surface area contributed by atoms with E-state index >= 15 is 0 Å². The topological polar surface area (TPSA) is 81.1 Å². The normalized spacial score (nSPS) is 14.8. The molecule has 1 aliphatic rings. The fourth-order valence-corrected chi connectivity index (χ4v) is 4.40. The number of ether oxygens (including phenoxy) is 1. The largest absolute Gasteiger partial charge is 0.495 e. The second-order valence-corrected chi connectivity index (χ2v) is 8.73. The minimum Gasteiger partial charge on any atom is -0.495 e. The number of carbonyl (C=O) groups is 1. The summed E-state index contributed by atoms with van der Waals surface area (Å²) in [6.07, 6.45) is 0. The maximum atomic E-state index is 13.7. The molecule has 0 saturated heterocycles. The fourth-order valence-electron chi connectivity index (χ4n) is 4.27. The third kappa shape index (κ3) is 4.26. The molecule has 8 heteroatoms. The molecule has 5 rings (SSSR count). The van der Waals surface area contributed by atoms with E-state index in [4.69, 9.17) is 26.4 Å². The van der Waals surface area contributed by atoms with Crippen LogP contribution < -0.4 is 15.4 Å². The molecule has 0 radical (unpaired) electrons. The van der Waals surface area contributed by atoms with Gasteiger partial charge in [0, 0.05) is 16.3 Å². The lowest BCUT2D eigenvalue weighted by molar-refractivity contribution is -0.113. The van der Waals surface area contributed by atoms with E-state index in [9.17, 15) is 4.79 Å². The number of nitrogens with zero attached hydrogens (tertiary/aromatic N) is 3. The SMILES string of the molecule is COc1ccccc1NC(=O)C1=C(C)Nc2nc(-c3ccccc3C)nn2C1c1ccc(Cl)cc1. The molecule has 1 amide bonds. The Morgan fingerprint density at radius 2 is 1.74 bits per heavy atom. The van der Waals surface area contributed by atoms with Crippen LogP contribution in [0.2, 0.25) is 5.02 Å². The van der Waals surface area contributed by atoms with E-state index in [0.29, 0.717) is 39.5 Å². The minimum atomic E-state index is -0.511. The lowest BCUT2D eigenvalue weighted by atomic mass is 9.95. The minimum absolute atomic E-state index is 0.266. The second kappa shape index (κ2) is 9.27. The quantitative estimate of drug-likeness (QED) is 0.371. The monoisotopic (exact) mass is 485 g/mol. The average molecular weight is 486 g/mol. The Kier molecular flexibility index (Phi) is 6.01. The summed E-state index contributed by atoms with van der Waals surface area (Å²) < 4.78 is 7.18. The number of amides is 1. The predicted molar refractivity (Wildman–Crippen MR) is 138 cm³/mol. The fraction of sp³-hybridized carbons (Fsp3) is 0.148. The van der Waals surface area contributed by atoms with E-state index in [1.807, 2.05) is 74.5 Å². The van der Waals surface area contributed by atoms with Gasteiger partial charge in [-0.25, -0.2) is 4.68 Å². The molecule has 1 aliphatic heterocycles. The molecule has 0 bridgehead atoms. The number of aromatic nitrogens is 3. The Bertz CT molecular complexity index is 1440. The number of anilines is 2. The number of allylic oxidation sites excluding steroid dienone is 1. The molecule has 35 heavy (non-hydrogen) atoms. The van der Waals surface area contributed by atoms with Crippen LogP contribution in [0.1, 0.15) is 24.1 Å². The van der Waals surface area contributed by atoms with Gasteiger partial charge < -0.3 is 15.4 Å². The van der Waals surface area contributed by atoms with Crippen LogP contribution in [0.4, 0.5) is 11.6 Å². The molecule has 1 aromatic heterocycles. The summed E-state index contributed by atoms with van der Waals surface area (Å²) in [6, 6.07) is 22.2. The third-order valence-corrected chi connectivity index (χ3v) is 6.28. The number of halogens is 1. The highest BCUT2D eigenvalue weighted by molar-refractivity contribution is 6.30. The number of carbonyl (C=O) groups excluding carboxylic acids is 1. The Labute approximate surface area is 208 Å². The van der Waals surface area contributed by atoms with Gasteiger partial charge >= 0.3 is 0 Å². The van der Waals surface area contributed by atoms with E-state index in [2.05, 4.69) is 10.6 Å². The van der Waals surface area contributed by atoms with Crippen molar-refractivity contribution in [2.45, 2.75) is 19.9 Å². The zero-order valence-corrected chi connectivity index (χ0v) is 20.3. The van der Waals surface area contributed by atoms with Gasteiger partial charge in [-0.3, -0.25) is 4.79 Å². The van der Waals surface area contributed by atoms with E-state index in [1.54, 1.807) is 23.9 Å². The highest BCUT2D eigenvalue weighted by Crippen LogP contribution is 2.38. The Balaban J connectivity index is 1.61. The maximum absolute atomic E-state index is 13.7. The molecule has 2 heterocycles. The van der Waals surface area contributed by atoms with E-state index < -0.39 is 6.04 Å². The van der Waals surface area contributed by atoms with E-state index in [0.717, 1.165) is 16.7 Å². The summed E-state index contributed by atoms with van der Waals surface area (Å²) in [4.78, 5) is 18.4. The first-order valence-corrected chi connectivity index (χ1v) is 11.5. The molecule has 0 aliphatic carbocycles. The van der Waals surface area contributed by atoms with Crippen LogP contribution in [-0.4, -0.2) is 27.8 Å². The molecular weight excluding hydrogens is 462 g/mol. The van der Waals surface area contributed by atoms with Crippen molar-refractivity contribution < 1.29 is 9.53 Å². The molecule has 4 aromatic rings. The van der Waals surface area contributed by atoms with E-state index in [1.165, 1.54) is 0 Å². The van der Waals surface area contributed by atoms with Crippen LogP contribution in [-0.2, 0) is 4.79 Å². The van der Waals surface area contributed by atoms with Gasteiger partial charge in [0.15, 0.2) is 5.82 Å². The average Bonchev–Trinajstić information content (AvgIpc) is 3.27. The summed E-state index contributed by atoms with van der Waals surface area (Å²) >= 11 is 6.17. The summed E-state index contributed by atoms with van der Waals surface area (Å²) in [5, 5.41) is 11.7. The van der Waals surface area contributed by atoms with Crippen molar-refractivity contribution in [3.05, 3.63) is 100 Å². The van der Waals surface area contributed by atoms with Crippen molar-refractivity contribution in [2.75, 3.05) is 17.7 Å². The van der Waals surface area contributed by atoms with Crippen molar-refractivity contribution >= 4 is 29.1 Å². The van der Waals surface area contributed by atoms with Crippen LogP contribution in [0.3, 0.4) is 0 Å². The number of fused-ring (bicyclic) bond motifs is 1. The molecule has 3 aromatic carbocycles. The standard InChI is InChI=1S/C27H24ClN5O2/c1-16-8-4-5-9-20(16)25-31-27-29-17(2)23(26(34)30-21-10-6-7-11-22(21)35-3)24(33(27)32-25)18-12-14-19(28)15-13-18/h4-15,24H,1-3H3,(H,30,34)(H,29,31,32). The maximum Gasteiger partial charge on any atom is 0.255 e. The smallest absolute Gasteiger partial charge is 0.255 e. The summed E-state index contributed by atoms with van der Waals surface area (Å²) in [5.74, 6) is 1.46. The van der Waals surface area contributed by atoms with Gasteiger partial charge in [-0.05, 0) is 49.2 Å². The molecule has 176 valence electrons. The molecule has 2 N–H and O–H groups in total. The second-order valence-electron chi connectivity index (χ2n) is 8.29. The molecule has 0 fully saturated rings. The summed E-state index contributed by atoms with van der Waals surface area (Å²) in [7, 11) is 1.57. The number of nitrogens with one attached hydrogen (secondary N) is 2. The number of aryl methyl sites for hydroxylation is 1. The van der Waals surface area contributed by atoms with Crippen molar-refractivity contribution in [3.8, 4) is 17.1 Å². The first kappa shape index (κ1) is 22.7. The summed E-state index contributed by atoms with van der Waals surface area (Å²) in [5.41, 5.74) is 4.66. The Hall–Kier alpha value is -4.10. The van der Waals surface area contributed by atoms with Crippen molar-refractivity contribution in [1.82, 2.24) is 14.8 Å². The zero-order chi connectivity index (χ0) is 24.5. The van der Waals surface area contributed by atoms with Gasteiger partial charge in [0.25, 0.3) is 5.91 Å². The van der Waals surface area contributed by atoms with Crippen LogP contribution >= 0.6 is 11.6 Å². The zero-order valence-electron chi connectivity index (χ0n) is 19.5. The lowest BCUT2D eigenvalue weighted by Gasteiger charge is -2.28. The van der Waals surface area contributed by atoms with Crippen molar-refractivity contribution in [1.29, 1.82) is 0 Å². The lowest BCUT2D eigenvalue weighted by Crippen LogP contribution is -2.31. The third-order valence-electron chi connectivity index (χ3n) is 6.02. The first-order chi connectivity index (χ1) is 17.0. The molecule has 0 spiro atoms.